The molecule has 4 atom stereocenters. The van der Waals surface area contributed by atoms with Crippen molar-refractivity contribution in [3.8, 4) is 28.7 Å². The first-order valence-corrected chi connectivity index (χ1v) is 10.2. The van der Waals surface area contributed by atoms with Crippen molar-refractivity contribution in [1.29, 1.82) is 0 Å². The van der Waals surface area contributed by atoms with Crippen LogP contribution in [-0.4, -0.2) is 57.3 Å². The van der Waals surface area contributed by atoms with Crippen molar-refractivity contribution in [2.24, 2.45) is 17.6 Å². The van der Waals surface area contributed by atoms with Crippen molar-refractivity contribution in [2.75, 3.05) is 41.3 Å². The monoisotopic (exact) mass is 445 g/mol. The first-order valence-electron chi connectivity index (χ1n) is 10.2. The zero-order valence-corrected chi connectivity index (χ0v) is 18.2. The molecule has 0 unspecified atom stereocenters. The molecule has 4 N–H and O–H groups in total. The number of Topliss-reactive ketones (excluding diaryl/α,β-unsaturated/α-hetero) is 1. The molecule has 4 rings (SSSR count). The van der Waals surface area contributed by atoms with Gasteiger partial charge in [-0.1, -0.05) is 0 Å². The van der Waals surface area contributed by atoms with Gasteiger partial charge in [-0.2, -0.15) is 0 Å². The Hall–Kier alpha value is -3.01. The lowest BCUT2D eigenvalue weighted by Crippen LogP contribution is -2.42. The van der Waals surface area contributed by atoms with Gasteiger partial charge in [0.05, 0.1) is 34.0 Å². The van der Waals surface area contributed by atoms with Crippen LogP contribution in [0.15, 0.2) is 24.3 Å². The highest BCUT2D eigenvalue weighted by Crippen LogP contribution is 2.53. The number of methoxy groups -OCH3 is 3. The Bertz CT molecular complexity index is 998. The molecule has 0 radical (unpaired) electrons. The average Bonchev–Trinajstić information content (AvgIpc) is 3.28. The number of aliphatic hydroxyl groups is 2. The predicted molar refractivity (Wildman–Crippen MR) is 114 cm³/mol. The van der Waals surface area contributed by atoms with E-state index in [4.69, 9.17) is 29.4 Å². The van der Waals surface area contributed by atoms with E-state index < -0.39 is 30.5 Å². The second kappa shape index (κ2) is 8.85. The van der Waals surface area contributed by atoms with Crippen LogP contribution in [0.1, 0.15) is 28.7 Å². The quantitative estimate of drug-likeness (QED) is 0.578. The number of ether oxygens (including phenoxy) is 5. The minimum absolute atomic E-state index is 0.0672. The topological polar surface area (TPSA) is 130 Å². The van der Waals surface area contributed by atoms with Crippen molar-refractivity contribution in [3.05, 3.63) is 41.0 Å². The van der Waals surface area contributed by atoms with Crippen molar-refractivity contribution < 1.29 is 38.7 Å². The zero-order valence-electron chi connectivity index (χ0n) is 18.2. The smallest absolute Gasteiger partial charge is 0.231 e. The van der Waals surface area contributed by atoms with Crippen LogP contribution < -0.4 is 29.4 Å². The van der Waals surface area contributed by atoms with Crippen LogP contribution in [0.25, 0.3) is 0 Å². The molecule has 0 bridgehead atoms. The number of hydrogen-bond donors (Lipinski definition) is 3. The van der Waals surface area contributed by atoms with E-state index in [2.05, 4.69) is 0 Å². The summed E-state index contributed by atoms with van der Waals surface area (Å²) in [6, 6.07) is 7.02. The van der Waals surface area contributed by atoms with Crippen molar-refractivity contribution in [1.82, 2.24) is 0 Å². The fourth-order valence-electron chi connectivity index (χ4n) is 4.81. The minimum atomic E-state index is -1.08. The van der Waals surface area contributed by atoms with Gasteiger partial charge in [-0.05, 0) is 41.0 Å². The average molecular weight is 445 g/mol. The minimum Gasteiger partial charge on any atom is -0.493 e. The Kier molecular flexibility index (Phi) is 6.14. The van der Waals surface area contributed by atoms with Gasteiger partial charge in [-0.15, -0.1) is 0 Å². The lowest BCUT2D eigenvalue weighted by atomic mass is 9.63. The lowest BCUT2D eigenvalue weighted by Gasteiger charge is -2.41. The van der Waals surface area contributed by atoms with Gasteiger partial charge < -0.3 is 39.6 Å². The highest BCUT2D eigenvalue weighted by atomic mass is 16.7. The molecule has 9 nitrogen and oxygen atoms in total. The molecule has 32 heavy (non-hydrogen) atoms. The maximum Gasteiger partial charge on any atom is 0.231 e. The number of hydrogen-bond acceptors (Lipinski definition) is 9. The molecule has 9 heteroatoms. The number of fused-ring (bicyclic) bond motifs is 2. The molecule has 0 aromatic heterocycles. The maximum atomic E-state index is 13.1. The van der Waals surface area contributed by atoms with E-state index in [9.17, 15) is 15.0 Å². The first kappa shape index (κ1) is 22.2. The van der Waals surface area contributed by atoms with Gasteiger partial charge in [0.15, 0.2) is 28.8 Å². The van der Waals surface area contributed by atoms with Crippen LogP contribution in [0.2, 0.25) is 0 Å². The van der Waals surface area contributed by atoms with Gasteiger partial charge >= 0.3 is 0 Å². The Balaban J connectivity index is 1.99. The van der Waals surface area contributed by atoms with Gasteiger partial charge in [0, 0.05) is 24.4 Å². The second-order valence-electron chi connectivity index (χ2n) is 7.76. The molecule has 0 fully saturated rings. The standard InChI is InChI=1S/C23H27NO8/c1-28-18-4-11(5-19(29-2)23(18)30-3)20-12-6-16-17(32-10-31-16)7-13(12)22(27)14(9-25)21(20)15(26)8-24/h4-7,14,20-22,25,27H,8-10,24H2,1-3H3/t14-,20+,21-,22-/m0/s1. The molecule has 0 spiro atoms. The third-order valence-corrected chi connectivity index (χ3v) is 6.29. The summed E-state index contributed by atoms with van der Waals surface area (Å²) in [7, 11) is 4.53. The maximum absolute atomic E-state index is 13.1. The van der Waals surface area contributed by atoms with Gasteiger partial charge in [-0.3, -0.25) is 4.79 Å². The van der Waals surface area contributed by atoms with E-state index >= 15 is 0 Å². The number of benzene rings is 2. The number of ketones is 1. The molecule has 172 valence electrons. The van der Waals surface area contributed by atoms with Crippen LogP contribution in [0.3, 0.4) is 0 Å². The third kappa shape index (κ3) is 3.42. The van der Waals surface area contributed by atoms with Crippen LogP contribution >= 0.6 is 0 Å². The zero-order chi connectivity index (χ0) is 23.0. The SMILES string of the molecule is COc1cc([C@@H]2c3cc4c(cc3[C@H](O)[C@@H](CO)[C@H]2C(=O)CN)OCO4)cc(OC)c1OC. The Morgan fingerprint density at radius 3 is 2.12 bits per heavy atom. The normalized spacial score (nSPS) is 23.4. The van der Waals surface area contributed by atoms with Crippen molar-refractivity contribution in [3.63, 3.8) is 0 Å². The van der Waals surface area contributed by atoms with Crippen LogP contribution in [0.4, 0.5) is 0 Å². The number of nitrogens with two attached hydrogens (primary N) is 1. The molecule has 0 amide bonds. The fourth-order valence-corrected chi connectivity index (χ4v) is 4.81. The summed E-state index contributed by atoms with van der Waals surface area (Å²) in [5.74, 6) is -0.0689. The van der Waals surface area contributed by atoms with E-state index in [0.29, 0.717) is 45.4 Å². The summed E-state index contributed by atoms with van der Waals surface area (Å²) in [6.07, 6.45) is -1.08. The Morgan fingerprint density at radius 1 is 1.03 bits per heavy atom. The molecule has 1 heterocycles. The molecule has 2 aliphatic rings. The van der Waals surface area contributed by atoms with E-state index in [1.807, 2.05) is 0 Å². The molecule has 2 aromatic rings. The van der Waals surface area contributed by atoms with E-state index in [1.54, 1.807) is 24.3 Å². The number of carbonyl (C=O) groups excluding carboxylic acids is 1. The van der Waals surface area contributed by atoms with Gasteiger partial charge in [0.2, 0.25) is 12.5 Å². The summed E-state index contributed by atoms with van der Waals surface area (Å²) >= 11 is 0. The van der Waals surface area contributed by atoms with Gasteiger partial charge in [-0.25, -0.2) is 0 Å². The molecule has 0 saturated heterocycles. The highest BCUT2D eigenvalue weighted by Gasteiger charge is 2.47. The summed E-state index contributed by atoms with van der Waals surface area (Å²) in [5, 5.41) is 21.3. The summed E-state index contributed by atoms with van der Waals surface area (Å²) in [6.45, 7) is -0.557. The summed E-state index contributed by atoms with van der Waals surface area (Å²) in [4.78, 5) is 13.1. The van der Waals surface area contributed by atoms with E-state index in [-0.39, 0.29) is 19.1 Å². The Labute approximate surface area is 185 Å². The van der Waals surface area contributed by atoms with Gasteiger partial charge in [0.25, 0.3) is 0 Å². The largest absolute Gasteiger partial charge is 0.493 e. The van der Waals surface area contributed by atoms with Crippen molar-refractivity contribution >= 4 is 5.78 Å². The molecule has 1 aliphatic heterocycles. The third-order valence-electron chi connectivity index (χ3n) is 6.29. The van der Waals surface area contributed by atoms with Gasteiger partial charge in [0.1, 0.15) is 0 Å². The molecule has 0 saturated carbocycles. The highest BCUT2D eigenvalue weighted by molar-refractivity contribution is 5.85. The first-order chi connectivity index (χ1) is 15.5. The number of aliphatic hydroxyl groups excluding tert-OH is 2. The second-order valence-corrected chi connectivity index (χ2v) is 7.76. The summed E-state index contributed by atoms with van der Waals surface area (Å²) in [5.41, 5.74) is 7.69. The van der Waals surface area contributed by atoms with E-state index in [1.165, 1.54) is 21.3 Å². The number of carbonyl (C=O) groups is 1. The van der Waals surface area contributed by atoms with Crippen LogP contribution in [0.5, 0.6) is 28.7 Å². The van der Waals surface area contributed by atoms with Crippen molar-refractivity contribution in [2.45, 2.75) is 12.0 Å². The van der Waals surface area contributed by atoms with Crippen LogP contribution in [0, 0.1) is 11.8 Å². The predicted octanol–water partition coefficient (Wildman–Crippen LogP) is 1.37. The van der Waals surface area contributed by atoms with Crippen LogP contribution in [-0.2, 0) is 4.79 Å². The van der Waals surface area contributed by atoms with E-state index in [0.717, 1.165) is 0 Å². The lowest BCUT2D eigenvalue weighted by molar-refractivity contribution is -0.127. The number of rotatable bonds is 7. The summed E-state index contributed by atoms with van der Waals surface area (Å²) < 4.78 is 27.5. The molecular weight excluding hydrogens is 418 g/mol. The Morgan fingerprint density at radius 2 is 1.62 bits per heavy atom. The fraction of sp³-hybridized carbons (Fsp3) is 0.435. The molecular formula is C23H27NO8. The molecule has 1 aliphatic carbocycles. The molecule has 2 aromatic carbocycles.